The topological polar surface area (TPSA) is 61.4 Å². The summed E-state index contributed by atoms with van der Waals surface area (Å²) in [6, 6.07) is -0.0368. The lowest BCUT2D eigenvalue weighted by atomic mass is 10.0. The molecule has 2 amide bonds. The van der Waals surface area contributed by atoms with Gasteiger partial charge >= 0.3 is 0 Å². The minimum Gasteiger partial charge on any atom is -0.350 e. The molecule has 1 saturated carbocycles. The van der Waals surface area contributed by atoms with Crippen LogP contribution in [0, 0.1) is 5.92 Å². The first kappa shape index (κ1) is 17.9. The zero-order valence-corrected chi connectivity index (χ0v) is 14.5. The Labute approximate surface area is 142 Å². The van der Waals surface area contributed by atoms with Gasteiger partial charge in [-0.25, -0.2) is 0 Å². The van der Waals surface area contributed by atoms with Crippen LogP contribution in [0.1, 0.15) is 38.5 Å². The van der Waals surface area contributed by atoms with Crippen LogP contribution in [0.25, 0.3) is 0 Å². The molecule has 22 heavy (non-hydrogen) atoms. The minimum absolute atomic E-state index is 0. The van der Waals surface area contributed by atoms with E-state index in [-0.39, 0.29) is 42.2 Å². The number of carbonyl (C=O) groups is 2. The Bertz CT molecular complexity index is 398. The average Bonchev–Trinajstić information content (AvgIpc) is 3.19. The van der Waals surface area contributed by atoms with Gasteiger partial charge in [0.25, 0.3) is 0 Å². The maximum Gasteiger partial charge on any atom is 0.243 e. The lowest BCUT2D eigenvalue weighted by Gasteiger charge is -2.29. The highest BCUT2D eigenvalue weighted by Gasteiger charge is 2.38. The van der Waals surface area contributed by atoms with Crippen LogP contribution in [0.3, 0.4) is 0 Å². The van der Waals surface area contributed by atoms with Crippen molar-refractivity contribution in [2.24, 2.45) is 5.92 Å². The predicted octanol–water partition coefficient (Wildman–Crippen LogP) is 1.37. The van der Waals surface area contributed by atoms with Gasteiger partial charge in [0.2, 0.25) is 11.8 Å². The molecule has 3 fully saturated rings. The van der Waals surface area contributed by atoms with Crippen molar-refractivity contribution in [3.63, 3.8) is 0 Å². The van der Waals surface area contributed by atoms with Crippen LogP contribution in [0.4, 0.5) is 0 Å². The smallest absolute Gasteiger partial charge is 0.243 e. The third kappa shape index (κ3) is 4.09. The van der Waals surface area contributed by atoms with Gasteiger partial charge in [-0.3, -0.25) is 9.59 Å². The summed E-state index contributed by atoms with van der Waals surface area (Å²) in [7, 11) is 0. The van der Waals surface area contributed by atoms with Crippen molar-refractivity contribution in [3.8, 4) is 0 Å². The summed E-state index contributed by atoms with van der Waals surface area (Å²) >= 11 is 1.70. The van der Waals surface area contributed by atoms with Gasteiger partial charge in [0.1, 0.15) is 6.04 Å². The molecule has 1 aliphatic carbocycles. The molecule has 126 valence electrons. The number of nitrogens with one attached hydrogen (secondary N) is 2. The van der Waals surface area contributed by atoms with Crippen LogP contribution in [-0.2, 0) is 9.59 Å². The second-order valence-corrected chi connectivity index (χ2v) is 7.36. The van der Waals surface area contributed by atoms with E-state index in [4.69, 9.17) is 0 Å². The van der Waals surface area contributed by atoms with Crippen LogP contribution < -0.4 is 10.6 Å². The van der Waals surface area contributed by atoms with Crippen LogP contribution in [0.5, 0.6) is 0 Å². The standard InChI is InChI=1S/C15H25N3O2S.ClH/c19-14(17-12-6-3-7-16-8-12)13-9-21-10-18(13)15(20)11-4-1-2-5-11;/h11-13,16H,1-10H2,(H,17,19);1H. The molecule has 7 heteroatoms. The van der Waals surface area contributed by atoms with Crippen molar-refractivity contribution < 1.29 is 9.59 Å². The average molecular weight is 348 g/mol. The summed E-state index contributed by atoms with van der Waals surface area (Å²) < 4.78 is 0. The molecule has 0 bridgehead atoms. The highest BCUT2D eigenvalue weighted by molar-refractivity contribution is 7.99. The fraction of sp³-hybridized carbons (Fsp3) is 0.867. The SMILES string of the molecule is Cl.O=C(NC1CCCNC1)C1CSCN1C(=O)C1CCCC1. The summed E-state index contributed by atoms with van der Waals surface area (Å²) in [5.74, 6) is 1.83. The molecule has 0 spiro atoms. The zero-order chi connectivity index (χ0) is 14.7. The first-order valence-corrected chi connectivity index (χ1v) is 9.30. The van der Waals surface area contributed by atoms with Crippen molar-refractivity contribution >= 4 is 36.0 Å². The summed E-state index contributed by atoms with van der Waals surface area (Å²) in [6.07, 6.45) is 6.45. The Morgan fingerprint density at radius 2 is 1.91 bits per heavy atom. The lowest BCUT2D eigenvalue weighted by molar-refractivity contribution is -0.141. The number of carbonyl (C=O) groups excluding carboxylic acids is 2. The van der Waals surface area contributed by atoms with Crippen molar-refractivity contribution in [2.45, 2.75) is 50.6 Å². The quantitative estimate of drug-likeness (QED) is 0.809. The number of thioether (sulfide) groups is 1. The second kappa shape index (κ2) is 8.41. The maximum atomic E-state index is 12.6. The molecule has 0 aromatic carbocycles. The number of halogens is 1. The Morgan fingerprint density at radius 1 is 1.14 bits per heavy atom. The van der Waals surface area contributed by atoms with E-state index in [1.807, 2.05) is 4.90 Å². The number of nitrogens with zero attached hydrogens (tertiary/aromatic N) is 1. The van der Waals surface area contributed by atoms with Crippen LogP contribution >= 0.6 is 24.2 Å². The predicted molar refractivity (Wildman–Crippen MR) is 91.2 cm³/mol. The molecule has 2 N–H and O–H groups in total. The van der Waals surface area contributed by atoms with Gasteiger partial charge in [0, 0.05) is 24.3 Å². The Hall–Kier alpha value is -0.460. The van der Waals surface area contributed by atoms with E-state index in [0.717, 1.165) is 57.4 Å². The Morgan fingerprint density at radius 3 is 2.59 bits per heavy atom. The van der Waals surface area contributed by atoms with Crippen molar-refractivity contribution in [1.29, 1.82) is 0 Å². The Kier molecular flexibility index (Phi) is 6.84. The molecule has 0 aromatic rings. The molecule has 2 unspecified atom stereocenters. The van der Waals surface area contributed by atoms with Gasteiger partial charge in [-0.15, -0.1) is 24.2 Å². The number of rotatable bonds is 3. The van der Waals surface area contributed by atoms with Crippen LogP contribution in [0.2, 0.25) is 0 Å². The molecule has 2 aliphatic heterocycles. The molecule has 3 aliphatic rings. The monoisotopic (exact) mass is 347 g/mol. The van der Waals surface area contributed by atoms with Crippen molar-refractivity contribution in [2.75, 3.05) is 24.7 Å². The van der Waals surface area contributed by atoms with E-state index < -0.39 is 0 Å². The number of piperidine rings is 1. The van der Waals surface area contributed by atoms with E-state index >= 15 is 0 Å². The van der Waals surface area contributed by atoms with E-state index in [1.165, 1.54) is 0 Å². The Balaban J connectivity index is 0.00000176. The van der Waals surface area contributed by atoms with Gasteiger partial charge in [-0.2, -0.15) is 0 Å². The number of hydrogen-bond donors (Lipinski definition) is 2. The van der Waals surface area contributed by atoms with Crippen molar-refractivity contribution in [3.05, 3.63) is 0 Å². The van der Waals surface area contributed by atoms with Gasteiger partial charge in [-0.05, 0) is 32.2 Å². The summed E-state index contributed by atoms with van der Waals surface area (Å²) in [4.78, 5) is 26.9. The van der Waals surface area contributed by atoms with Crippen LogP contribution in [0.15, 0.2) is 0 Å². The van der Waals surface area contributed by atoms with E-state index in [0.29, 0.717) is 5.88 Å². The summed E-state index contributed by atoms with van der Waals surface area (Å²) in [5.41, 5.74) is 0. The third-order valence-corrected chi connectivity index (χ3v) is 5.83. The van der Waals surface area contributed by atoms with Gasteiger partial charge < -0.3 is 15.5 Å². The van der Waals surface area contributed by atoms with Gasteiger partial charge in [-0.1, -0.05) is 12.8 Å². The number of hydrogen-bond acceptors (Lipinski definition) is 4. The minimum atomic E-state index is -0.259. The van der Waals surface area contributed by atoms with E-state index in [1.54, 1.807) is 11.8 Å². The third-order valence-electron chi connectivity index (χ3n) is 4.82. The first-order chi connectivity index (χ1) is 10.3. The fourth-order valence-corrected chi connectivity index (χ4v) is 4.72. The molecule has 3 rings (SSSR count). The van der Waals surface area contributed by atoms with E-state index in [2.05, 4.69) is 10.6 Å². The lowest BCUT2D eigenvalue weighted by Crippen LogP contribution is -2.53. The summed E-state index contributed by atoms with van der Waals surface area (Å²) in [6.45, 7) is 1.89. The van der Waals surface area contributed by atoms with Gasteiger partial charge in [0.05, 0.1) is 5.88 Å². The highest BCUT2D eigenvalue weighted by Crippen LogP contribution is 2.30. The molecule has 2 heterocycles. The zero-order valence-electron chi connectivity index (χ0n) is 12.9. The highest BCUT2D eigenvalue weighted by atomic mass is 35.5. The van der Waals surface area contributed by atoms with E-state index in [9.17, 15) is 9.59 Å². The number of amides is 2. The normalized spacial score (nSPS) is 29.2. The van der Waals surface area contributed by atoms with Crippen LogP contribution in [-0.4, -0.2) is 53.5 Å². The molecule has 0 aromatic heterocycles. The molecule has 2 saturated heterocycles. The summed E-state index contributed by atoms with van der Waals surface area (Å²) in [5, 5.41) is 6.44. The fourth-order valence-electron chi connectivity index (χ4n) is 3.56. The first-order valence-electron chi connectivity index (χ1n) is 8.15. The molecule has 2 atom stereocenters. The molecule has 0 radical (unpaired) electrons. The largest absolute Gasteiger partial charge is 0.350 e. The molecular weight excluding hydrogens is 322 g/mol. The van der Waals surface area contributed by atoms with Gasteiger partial charge in [0.15, 0.2) is 0 Å². The molecular formula is C15H26ClN3O2S. The maximum absolute atomic E-state index is 12.6. The molecule has 5 nitrogen and oxygen atoms in total. The second-order valence-electron chi connectivity index (χ2n) is 6.36. The van der Waals surface area contributed by atoms with Crippen molar-refractivity contribution in [1.82, 2.24) is 15.5 Å².